The van der Waals surface area contributed by atoms with Crippen LogP contribution in [0.15, 0.2) is 92.4 Å². The molecule has 2 aromatic carbocycles. The van der Waals surface area contributed by atoms with Crippen molar-refractivity contribution in [2.75, 3.05) is 26.1 Å². The minimum Gasteiger partial charge on any atom is -0.495 e. The first-order chi connectivity index (χ1) is 16.6. The highest BCUT2D eigenvalue weighted by molar-refractivity contribution is 8.03. The molecule has 1 aliphatic rings. The van der Waals surface area contributed by atoms with Crippen molar-refractivity contribution in [3.05, 3.63) is 94.2 Å². The van der Waals surface area contributed by atoms with Gasteiger partial charge in [0.05, 0.1) is 24.1 Å². The largest absolute Gasteiger partial charge is 0.495 e. The van der Waals surface area contributed by atoms with E-state index in [9.17, 15) is 4.79 Å². The number of rotatable bonds is 9. The molecule has 0 saturated heterocycles. The van der Waals surface area contributed by atoms with Crippen molar-refractivity contribution in [1.29, 1.82) is 0 Å². The Bertz CT molecular complexity index is 1340. The van der Waals surface area contributed by atoms with Crippen molar-refractivity contribution >= 4 is 40.3 Å². The molecular formula is C26H25N3O4S. The van der Waals surface area contributed by atoms with Crippen molar-refractivity contribution in [1.82, 2.24) is 5.32 Å². The number of benzene rings is 2. The quantitative estimate of drug-likeness (QED) is 0.255. The highest BCUT2D eigenvalue weighted by Gasteiger charge is 2.21. The SMILES string of the molecule is C=C/C(=C\C=NC)COc1ccc2cc(C3=CSC(Nc4ccccc4OC)N3)c(=O)oc2c1. The van der Waals surface area contributed by atoms with Gasteiger partial charge in [-0.15, -0.1) is 0 Å². The van der Waals surface area contributed by atoms with Gasteiger partial charge in [0.2, 0.25) is 0 Å². The van der Waals surface area contributed by atoms with Crippen LogP contribution in [0.25, 0.3) is 16.7 Å². The van der Waals surface area contributed by atoms with Crippen molar-refractivity contribution < 1.29 is 13.9 Å². The molecule has 0 amide bonds. The maximum atomic E-state index is 12.8. The Balaban J connectivity index is 1.48. The van der Waals surface area contributed by atoms with Crippen LogP contribution in [0.4, 0.5) is 5.69 Å². The lowest BCUT2D eigenvalue weighted by Crippen LogP contribution is -2.29. The molecule has 1 aliphatic heterocycles. The number of thioether (sulfide) groups is 1. The Morgan fingerprint density at radius 2 is 2.15 bits per heavy atom. The number of hydrogen-bond acceptors (Lipinski definition) is 8. The predicted octanol–water partition coefficient (Wildman–Crippen LogP) is 5.02. The second-order valence-corrected chi connectivity index (χ2v) is 8.30. The number of hydrogen-bond donors (Lipinski definition) is 2. The van der Waals surface area contributed by atoms with E-state index >= 15 is 0 Å². The van der Waals surface area contributed by atoms with Crippen LogP contribution in [-0.2, 0) is 0 Å². The van der Waals surface area contributed by atoms with Gasteiger partial charge in [-0.05, 0) is 47.4 Å². The second-order valence-electron chi connectivity index (χ2n) is 7.33. The molecule has 1 unspecified atom stereocenters. The minimum absolute atomic E-state index is 0.151. The fourth-order valence-corrected chi connectivity index (χ4v) is 4.20. The van der Waals surface area contributed by atoms with Crippen LogP contribution in [0.2, 0.25) is 0 Å². The van der Waals surface area contributed by atoms with Crippen molar-refractivity contribution in [3.8, 4) is 11.5 Å². The molecule has 1 atom stereocenters. The summed E-state index contributed by atoms with van der Waals surface area (Å²) in [4.78, 5) is 16.7. The Morgan fingerprint density at radius 1 is 1.29 bits per heavy atom. The van der Waals surface area contributed by atoms with Gasteiger partial charge in [0.25, 0.3) is 0 Å². The molecule has 34 heavy (non-hydrogen) atoms. The van der Waals surface area contributed by atoms with Crippen LogP contribution < -0.4 is 25.7 Å². The summed E-state index contributed by atoms with van der Waals surface area (Å²) in [5.41, 5.74) is 2.80. The zero-order chi connectivity index (χ0) is 23.9. The number of aliphatic imine (C=N–C) groups is 1. The molecule has 0 saturated carbocycles. The molecule has 0 aliphatic carbocycles. The van der Waals surface area contributed by atoms with E-state index < -0.39 is 5.63 Å². The number of anilines is 1. The molecule has 2 heterocycles. The van der Waals surface area contributed by atoms with Gasteiger partial charge < -0.3 is 24.5 Å². The number of ether oxygens (including phenoxy) is 2. The summed E-state index contributed by atoms with van der Waals surface area (Å²) < 4.78 is 16.8. The fourth-order valence-electron chi connectivity index (χ4n) is 3.34. The average Bonchev–Trinajstić information content (AvgIpc) is 3.32. The zero-order valence-corrected chi connectivity index (χ0v) is 19.7. The van der Waals surface area contributed by atoms with E-state index in [-0.39, 0.29) is 5.50 Å². The summed E-state index contributed by atoms with van der Waals surface area (Å²) in [6.45, 7) is 4.11. The summed E-state index contributed by atoms with van der Waals surface area (Å²) in [7, 11) is 3.33. The Morgan fingerprint density at radius 3 is 2.94 bits per heavy atom. The van der Waals surface area contributed by atoms with Crippen molar-refractivity contribution in [2.45, 2.75) is 5.50 Å². The standard InChI is InChI=1S/C26H25N3O4S/c1-4-17(11-12-27-2)15-32-19-10-9-18-13-20(25(30)33-24(18)14-19)22-16-34-26(29-22)28-21-7-5-6-8-23(21)31-3/h4-14,16,26,28-29H,1,15H2,2-3H3/b17-11+,27-12?. The zero-order valence-electron chi connectivity index (χ0n) is 18.9. The van der Waals surface area contributed by atoms with Crippen LogP contribution in [0, 0.1) is 0 Å². The molecule has 2 N–H and O–H groups in total. The summed E-state index contributed by atoms with van der Waals surface area (Å²) in [6.07, 6.45) is 5.23. The topological polar surface area (TPSA) is 85.1 Å². The van der Waals surface area contributed by atoms with E-state index in [0.29, 0.717) is 29.2 Å². The van der Waals surface area contributed by atoms with E-state index in [1.165, 1.54) is 11.8 Å². The van der Waals surface area contributed by atoms with Crippen molar-refractivity contribution in [3.63, 3.8) is 0 Å². The van der Waals surface area contributed by atoms with E-state index in [1.807, 2.05) is 53.9 Å². The molecule has 7 nitrogen and oxygen atoms in total. The van der Waals surface area contributed by atoms with Gasteiger partial charge in [0.1, 0.15) is 29.2 Å². The van der Waals surface area contributed by atoms with Gasteiger partial charge in [-0.1, -0.05) is 36.5 Å². The molecule has 3 aromatic rings. The van der Waals surface area contributed by atoms with Gasteiger partial charge in [-0.2, -0.15) is 0 Å². The number of nitrogens with one attached hydrogen (secondary N) is 2. The lowest BCUT2D eigenvalue weighted by atomic mass is 10.1. The molecule has 8 heteroatoms. The van der Waals surface area contributed by atoms with Crippen LogP contribution in [0.1, 0.15) is 5.56 Å². The predicted molar refractivity (Wildman–Crippen MR) is 140 cm³/mol. The molecule has 1 aromatic heterocycles. The number of allylic oxidation sites excluding steroid dienone is 1. The third-order valence-electron chi connectivity index (χ3n) is 5.11. The van der Waals surface area contributed by atoms with Crippen LogP contribution >= 0.6 is 11.8 Å². The summed E-state index contributed by atoms with van der Waals surface area (Å²) >= 11 is 1.53. The van der Waals surface area contributed by atoms with Crippen LogP contribution in [0.3, 0.4) is 0 Å². The van der Waals surface area contributed by atoms with E-state index in [2.05, 4.69) is 22.2 Å². The monoisotopic (exact) mass is 475 g/mol. The van der Waals surface area contributed by atoms with Crippen molar-refractivity contribution in [2.24, 2.45) is 4.99 Å². The maximum absolute atomic E-state index is 12.8. The summed E-state index contributed by atoms with van der Waals surface area (Å²) in [5.74, 6) is 1.34. The molecule has 0 fully saturated rings. The second kappa shape index (κ2) is 10.8. The lowest BCUT2D eigenvalue weighted by molar-refractivity contribution is 0.355. The van der Waals surface area contributed by atoms with E-state index in [1.54, 1.807) is 32.5 Å². The Kier molecular flexibility index (Phi) is 7.39. The molecular weight excluding hydrogens is 450 g/mol. The summed E-state index contributed by atoms with van der Waals surface area (Å²) in [5, 5.41) is 9.40. The first kappa shape index (κ1) is 23.3. The van der Waals surface area contributed by atoms with Gasteiger partial charge in [-0.25, -0.2) is 4.79 Å². The van der Waals surface area contributed by atoms with Crippen LogP contribution in [-0.4, -0.2) is 32.5 Å². The third-order valence-corrected chi connectivity index (χ3v) is 5.98. The smallest absolute Gasteiger partial charge is 0.345 e. The number of fused-ring (bicyclic) bond motifs is 1. The van der Waals surface area contributed by atoms with Crippen LogP contribution in [0.5, 0.6) is 11.5 Å². The van der Waals surface area contributed by atoms with Gasteiger partial charge in [0.15, 0.2) is 0 Å². The highest BCUT2D eigenvalue weighted by Crippen LogP contribution is 2.31. The van der Waals surface area contributed by atoms with Gasteiger partial charge in [0, 0.05) is 24.7 Å². The molecule has 4 rings (SSSR count). The molecule has 0 radical (unpaired) electrons. The molecule has 0 bridgehead atoms. The van der Waals surface area contributed by atoms with E-state index in [0.717, 1.165) is 22.4 Å². The van der Waals surface area contributed by atoms with Gasteiger partial charge >= 0.3 is 5.63 Å². The average molecular weight is 476 g/mol. The highest BCUT2D eigenvalue weighted by atomic mass is 32.2. The fraction of sp³-hybridized carbons (Fsp3) is 0.154. The summed E-state index contributed by atoms with van der Waals surface area (Å²) in [6, 6.07) is 14.9. The third kappa shape index (κ3) is 5.35. The Labute approximate surface area is 201 Å². The maximum Gasteiger partial charge on any atom is 0.345 e. The van der Waals surface area contributed by atoms with E-state index in [4.69, 9.17) is 13.9 Å². The number of nitrogens with zero attached hydrogens (tertiary/aromatic N) is 1. The Hall–Kier alpha value is -3.91. The first-order valence-electron chi connectivity index (χ1n) is 10.6. The first-order valence-corrected chi connectivity index (χ1v) is 11.5. The molecule has 0 spiro atoms. The normalized spacial score (nSPS) is 15.8. The lowest BCUT2D eigenvalue weighted by Gasteiger charge is -2.17. The van der Waals surface area contributed by atoms with Gasteiger partial charge in [-0.3, -0.25) is 4.99 Å². The minimum atomic E-state index is -0.423. The molecule has 174 valence electrons. The number of para-hydroxylation sites is 2. The number of methoxy groups -OCH3 is 1.